The molecule has 0 aliphatic carbocycles. The number of imide groups is 1. The number of anilines is 1. The van der Waals surface area contributed by atoms with E-state index >= 15 is 0 Å². The molecule has 1 aromatic heterocycles. The molecule has 3 heterocycles. The van der Waals surface area contributed by atoms with Gasteiger partial charge in [-0.15, -0.1) is 12.4 Å². The van der Waals surface area contributed by atoms with Crippen molar-refractivity contribution in [3.05, 3.63) is 58.1 Å². The summed E-state index contributed by atoms with van der Waals surface area (Å²) in [5.74, 6) is -1.26. The average Bonchev–Trinajstić information content (AvgIpc) is 3.35. The van der Waals surface area contributed by atoms with Gasteiger partial charge in [0.05, 0.1) is 34.6 Å². The second kappa shape index (κ2) is 10.6. The van der Waals surface area contributed by atoms with Crippen molar-refractivity contribution < 1.29 is 19.1 Å². The summed E-state index contributed by atoms with van der Waals surface area (Å²) in [6.45, 7) is 5.48. The van der Waals surface area contributed by atoms with E-state index in [1.165, 1.54) is 11.3 Å². The Morgan fingerprint density at radius 3 is 2.46 bits per heavy atom. The monoisotopic (exact) mass is 534 g/mol. The van der Waals surface area contributed by atoms with Crippen molar-refractivity contribution >= 4 is 68.4 Å². The van der Waals surface area contributed by atoms with Gasteiger partial charge in [0.15, 0.2) is 5.13 Å². The number of amides is 3. The summed E-state index contributed by atoms with van der Waals surface area (Å²) in [6.07, 6.45) is 0. The summed E-state index contributed by atoms with van der Waals surface area (Å²) in [5, 5.41) is 1.13. The molecule has 0 unspecified atom stereocenters. The van der Waals surface area contributed by atoms with Crippen molar-refractivity contribution in [2.45, 2.75) is 6.92 Å². The number of nitrogens with zero attached hydrogens (tertiary/aromatic N) is 4. The molecule has 3 amide bonds. The average molecular weight is 535 g/mol. The predicted molar refractivity (Wildman–Crippen MR) is 138 cm³/mol. The van der Waals surface area contributed by atoms with Crippen molar-refractivity contribution in [2.24, 2.45) is 0 Å². The van der Waals surface area contributed by atoms with Gasteiger partial charge in [-0.3, -0.25) is 29.1 Å². The van der Waals surface area contributed by atoms with Crippen molar-refractivity contribution in [1.82, 2.24) is 14.8 Å². The van der Waals surface area contributed by atoms with Crippen LogP contribution in [0.3, 0.4) is 0 Å². The zero-order valence-electron chi connectivity index (χ0n) is 19.0. The van der Waals surface area contributed by atoms with Crippen LogP contribution in [0.5, 0.6) is 0 Å². The first-order chi connectivity index (χ1) is 16.4. The largest absolute Gasteiger partial charge is 0.379 e. The summed E-state index contributed by atoms with van der Waals surface area (Å²) in [6, 6.07) is 10.3. The first kappa shape index (κ1) is 25.5. The van der Waals surface area contributed by atoms with Gasteiger partial charge >= 0.3 is 0 Å². The second-order valence-corrected chi connectivity index (χ2v) is 9.75. The molecule has 0 bridgehead atoms. The number of ether oxygens (including phenoxy) is 1. The minimum atomic E-state index is -0.450. The van der Waals surface area contributed by atoms with Gasteiger partial charge in [0.2, 0.25) is 5.91 Å². The molecule has 11 heteroatoms. The summed E-state index contributed by atoms with van der Waals surface area (Å²) in [4.78, 5) is 48.7. The van der Waals surface area contributed by atoms with E-state index in [2.05, 4.69) is 4.90 Å². The van der Waals surface area contributed by atoms with Gasteiger partial charge in [0.25, 0.3) is 11.8 Å². The summed E-state index contributed by atoms with van der Waals surface area (Å²) in [7, 11) is 0. The number of rotatable bonds is 6. The third-order valence-electron chi connectivity index (χ3n) is 6.09. The van der Waals surface area contributed by atoms with E-state index in [4.69, 9.17) is 21.3 Å². The Kier molecular flexibility index (Phi) is 7.73. The molecule has 8 nitrogen and oxygen atoms in total. The molecule has 1 fully saturated rings. The molecule has 0 spiro atoms. The van der Waals surface area contributed by atoms with E-state index < -0.39 is 11.8 Å². The van der Waals surface area contributed by atoms with Crippen molar-refractivity contribution in [2.75, 3.05) is 50.8 Å². The van der Waals surface area contributed by atoms with E-state index in [9.17, 15) is 14.4 Å². The molecule has 2 aromatic carbocycles. The number of fused-ring (bicyclic) bond motifs is 2. The maximum absolute atomic E-state index is 13.5. The fourth-order valence-electron chi connectivity index (χ4n) is 4.25. The second-order valence-electron chi connectivity index (χ2n) is 8.31. The number of aromatic nitrogens is 1. The Balaban J connectivity index is 0.00000289. The van der Waals surface area contributed by atoms with Crippen molar-refractivity contribution in [1.29, 1.82) is 0 Å². The van der Waals surface area contributed by atoms with Crippen LogP contribution in [0, 0.1) is 6.92 Å². The Labute approximate surface area is 217 Å². The van der Waals surface area contributed by atoms with Crippen LogP contribution in [-0.4, -0.2) is 78.4 Å². The molecule has 0 atom stereocenters. The van der Waals surface area contributed by atoms with E-state index in [1.54, 1.807) is 29.2 Å². The third-order valence-corrected chi connectivity index (χ3v) is 7.33. The zero-order valence-corrected chi connectivity index (χ0v) is 21.4. The fraction of sp³-hybridized carbons (Fsp3) is 0.333. The molecule has 0 saturated carbocycles. The van der Waals surface area contributed by atoms with Gasteiger partial charge in [-0.25, -0.2) is 4.98 Å². The molecule has 3 aromatic rings. The SMILES string of the molecule is Cc1cc(Cl)cc2sc(N(CCN3CCOCC3)C(=O)CN3C(=O)c4ccccc4C3=O)nc12.Cl. The van der Waals surface area contributed by atoms with Gasteiger partial charge in [-0.2, -0.15) is 0 Å². The number of carbonyl (C=O) groups is 3. The number of aryl methyl sites for hydroxylation is 1. The lowest BCUT2D eigenvalue weighted by Crippen LogP contribution is -2.47. The minimum absolute atomic E-state index is 0. The number of carbonyl (C=O) groups excluding carboxylic acids is 3. The number of halogens is 2. The summed E-state index contributed by atoms with van der Waals surface area (Å²) < 4.78 is 6.30. The minimum Gasteiger partial charge on any atom is -0.379 e. The molecule has 2 aliphatic heterocycles. The van der Waals surface area contributed by atoms with Gasteiger partial charge in [-0.05, 0) is 36.8 Å². The van der Waals surface area contributed by atoms with Gasteiger partial charge < -0.3 is 4.74 Å². The Bertz CT molecular complexity index is 1260. The van der Waals surface area contributed by atoms with Crippen LogP contribution < -0.4 is 4.90 Å². The zero-order chi connectivity index (χ0) is 23.8. The number of morpholine rings is 1. The van der Waals surface area contributed by atoms with Crippen LogP contribution in [0.2, 0.25) is 5.02 Å². The highest BCUT2D eigenvalue weighted by molar-refractivity contribution is 7.22. The molecular formula is C24H24Cl2N4O4S. The summed E-state index contributed by atoms with van der Waals surface area (Å²) in [5.41, 5.74) is 2.36. The van der Waals surface area contributed by atoms with Gasteiger partial charge in [0.1, 0.15) is 6.54 Å². The number of hydrogen-bond donors (Lipinski definition) is 0. The highest BCUT2D eigenvalue weighted by Crippen LogP contribution is 2.33. The lowest BCUT2D eigenvalue weighted by atomic mass is 10.1. The Hall–Kier alpha value is -2.56. The third kappa shape index (κ3) is 5.05. The van der Waals surface area contributed by atoms with Gasteiger partial charge in [0, 0.05) is 31.2 Å². The fourth-order valence-corrected chi connectivity index (χ4v) is 5.72. The van der Waals surface area contributed by atoms with E-state index in [0.717, 1.165) is 33.8 Å². The van der Waals surface area contributed by atoms with E-state index in [-0.39, 0.29) is 24.9 Å². The van der Waals surface area contributed by atoms with Crippen LogP contribution in [0.1, 0.15) is 26.3 Å². The van der Waals surface area contributed by atoms with Crippen LogP contribution in [-0.2, 0) is 9.53 Å². The Morgan fingerprint density at radius 2 is 1.80 bits per heavy atom. The lowest BCUT2D eigenvalue weighted by molar-refractivity contribution is -0.119. The van der Waals surface area contributed by atoms with Crippen LogP contribution in [0.15, 0.2) is 36.4 Å². The standard InChI is InChI=1S/C24H23ClN4O4S.ClH/c1-15-12-16(25)13-19-21(15)26-24(34-19)28(7-6-27-8-10-33-11-9-27)20(30)14-29-22(31)17-4-2-3-5-18(17)23(29)32;/h2-5,12-13H,6-11,14H2,1H3;1H. The van der Waals surface area contributed by atoms with Crippen molar-refractivity contribution in [3.63, 3.8) is 0 Å². The molecule has 1 saturated heterocycles. The summed E-state index contributed by atoms with van der Waals surface area (Å²) >= 11 is 7.60. The molecular weight excluding hydrogens is 511 g/mol. The van der Waals surface area contributed by atoms with Crippen LogP contribution in [0.25, 0.3) is 10.2 Å². The first-order valence-electron chi connectivity index (χ1n) is 11.0. The number of benzene rings is 2. The Morgan fingerprint density at radius 1 is 1.14 bits per heavy atom. The molecule has 0 N–H and O–H groups in total. The van der Waals surface area contributed by atoms with Crippen LogP contribution >= 0.6 is 35.3 Å². The van der Waals surface area contributed by atoms with E-state index in [0.29, 0.717) is 47.6 Å². The van der Waals surface area contributed by atoms with E-state index in [1.807, 2.05) is 19.1 Å². The quantitative estimate of drug-likeness (QED) is 0.449. The van der Waals surface area contributed by atoms with Crippen molar-refractivity contribution in [3.8, 4) is 0 Å². The highest BCUT2D eigenvalue weighted by atomic mass is 35.5. The molecule has 35 heavy (non-hydrogen) atoms. The topological polar surface area (TPSA) is 83.0 Å². The molecule has 184 valence electrons. The smallest absolute Gasteiger partial charge is 0.262 e. The normalized spacial score (nSPS) is 15.9. The lowest BCUT2D eigenvalue weighted by Gasteiger charge is -2.29. The van der Waals surface area contributed by atoms with Gasteiger partial charge in [-0.1, -0.05) is 35.1 Å². The molecule has 5 rings (SSSR count). The molecule has 0 radical (unpaired) electrons. The maximum Gasteiger partial charge on any atom is 0.262 e. The molecule has 2 aliphatic rings. The predicted octanol–water partition coefficient (Wildman–Crippen LogP) is 3.64. The van der Waals surface area contributed by atoms with Crippen LogP contribution in [0.4, 0.5) is 5.13 Å². The highest BCUT2D eigenvalue weighted by Gasteiger charge is 2.37. The maximum atomic E-state index is 13.5. The first-order valence-corrected chi connectivity index (χ1v) is 12.2. The number of hydrogen-bond acceptors (Lipinski definition) is 7. The number of thiazole rings is 1.